The molecule has 174 valence electrons. The third kappa shape index (κ3) is 5.19. The third-order valence-electron chi connectivity index (χ3n) is 4.76. The fourth-order valence-corrected chi connectivity index (χ4v) is 4.55. The van der Waals surface area contributed by atoms with Crippen molar-refractivity contribution in [3.63, 3.8) is 0 Å². The van der Waals surface area contributed by atoms with Crippen LogP contribution in [-0.4, -0.2) is 74.2 Å². The van der Waals surface area contributed by atoms with Crippen LogP contribution in [0.5, 0.6) is 0 Å². The van der Waals surface area contributed by atoms with Gasteiger partial charge in [0.05, 0.1) is 11.5 Å². The molecule has 11 nitrogen and oxygen atoms in total. The van der Waals surface area contributed by atoms with E-state index < -0.39 is 33.8 Å². The number of esters is 2. The maximum absolute atomic E-state index is 12.9. The first-order valence-corrected chi connectivity index (χ1v) is 11.4. The van der Waals surface area contributed by atoms with Crippen LogP contribution in [0.15, 0.2) is 40.9 Å². The van der Waals surface area contributed by atoms with Crippen molar-refractivity contribution >= 4 is 33.7 Å². The second-order valence-corrected chi connectivity index (χ2v) is 9.43. The summed E-state index contributed by atoms with van der Waals surface area (Å²) in [5.74, 6) is -2.97. The van der Waals surface area contributed by atoms with E-state index in [1.165, 1.54) is 47.3 Å². The van der Waals surface area contributed by atoms with Crippen molar-refractivity contribution in [2.45, 2.75) is 31.5 Å². The number of nitrogens with one attached hydrogen (secondary N) is 1. The number of ether oxygens (including phenoxy) is 3. The predicted molar refractivity (Wildman–Crippen MR) is 112 cm³/mol. The van der Waals surface area contributed by atoms with Gasteiger partial charge in [-0.05, 0) is 31.2 Å². The highest BCUT2D eigenvalue weighted by atomic mass is 32.2. The van der Waals surface area contributed by atoms with Crippen LogP contribution < -0.4 is 5.32 Å². The van der Waals surface area contributed by atoms with Crippen molar-refractivity contribution in [3.05, 3.63) is 36.0 Å². The molecule has 0 aliphatic carbocycles. The lowest BCUT2D eigenvalue weighted by molar-refractivity contribution is -0.222. The highest BCUT2D eigenvalue weighted by molar-refractivity contribution is 7.89. The predicted octanol–water partition coefficient (Wildman–Crippen LogP) is 1.28. The first kappa shape index (κ1) is 23.5. The van der Waals surface area contributed by atoms with Crippen LogP contribution in [0.25, 0.3) is 0 Å². The number of nitrogens with zero attached hydrogens (tertiary/aromatic N) is 2. The van der Waals surface area contributed by atoms with E-state index in [1.807, 2.05) is 0 Å². The first-order chi connectivity index (χ1) is 15.0. The first-order valence-electron chi connectivity index (χ1n) is 9.99. The van der Waals surface area contributed by atoms with Gasteiger partial charge in [-0.1, -0.05) is 0 Å². The van der Waals surface area contributed by atoms with Crippen LogP contribution in [0.2, 0.25) is 0 Å². The van der Waals surface area contributed by atoms with Crippen molar-refractivity contribution in [3.8, 4) is 0 Å². The lowest BCUT2D eigenvalue weighted by atomic mass is 10.2. The number of carbonyl (C=O) groups is 3. The van der Waals surface area contributed by atoms with Crippen molar-refractivity contribution in [2.24, 2.45) is 0 Å². The van der Waals surface area contributed by atoms with E-state index in [2.05, 4.69) is 5.32 Å². The molecule has 12 heteroatoms. The minimum absolute atomic E-state index is 0.0820. The van der Waals surface area contributed by atoms with E-state index in [0.29, 0.717) is 5.69 Å². The molecule has 0 saturated carbocycles. The molecule has 1 N–H and O–H groups in total. The Morgan fingerprint density at radius 2 is 1.66 bits per heavy atom. The van der Waals surface area contributed by atoms with E-state index >= 15 is 0 Å². The molecular formula is C20H25N3O8S. The molecule has 0 atom stereocenters. The number of hydrogen-bond acceptors (Lipinski definition) is 9. The number of anilines is 1. The summed E-state index contributed by atoms with van der Waals surface area (Å²) < 4.78 is 42.0. The number of hydrogen-bond donors (Lipinski definition) is 1. The third-order valence-corrected chi connectivity index (χ3v) is 6.67. The zero-order valence-electron chi connectivity index (χ0n) is 18.0. The van der Waals surface area contributed by atoms with Crippen LogP contribution in [0.1, 0.15) is 20.8 Å². The van der Waals surface area contributed by atoms with Crippen LogP contribution in [0.3, 0.4) is 0 Å². The standard InChI is InChI=1S/C20H25N3O8S/c1-4-29-19(26)22-9-11-23(12-10-22)32(27,28)15-7-5-14(6-8-15)21-13-16-17(24)30-20(2,3)31-18(16)25/h5-8,13,21H,4,9-12H2,1-3H3. The zero-order valence-corrected chi connectivity index (χ0v) is 18.8. The summed E-state index contributed by atoms with van der Waals surface area (Å²) in [6.45, 7) is 5.67. The highest BCUT2D eigenvalue weighted by Crippen LogP contribution is 2.24. The molecule has 1 aromatic carbocycles. The Hall–Kier alpha value is -3.12. The molecule has 0 aromatic heterocycles. The SMILES string of the molecule is CCOC(=O)N1CCN(S(=O)(=O)c2ccc(NC=C3C(=O)OC(C)(C)OC3=O)cc2)CC1. The molecular weight excluding hydrogens is 442 g/mol. The minimum atomic E-state index is -3.74. The summed E-state index contributed by atoms with van der Waals surface area (Å²) in [6.07, 6.45) is 0.696. The Labute approximate surface area is 185 Å². The Morgan fingerprint density at radius 1 is 1.09 bits per heavy atom. The van der Waals surface area contributed by atoms with E-state index in [-0.39, 0.29) is 43.3 Å². The molecule has 0 bridgehead atoms. The zero-order chi connectivity index (χ0) is 23.5. The van der Waals surface area contributed by atoms with Crippen LogP contribution >= 0.6 is 0 Å². The van der Waals surface area contributed by atoms with Gasteiger partial charge in [0.25, 0.3) is 5.79 Å². The summed E-state index contributed by atoms with van der Waals surface area (Å²) >= 11 is 0. The molecule has 0 unspecified atom stereocenters. The van der Waals surface area contributed by atoms with Gasteiger partial charge >= 0.3 is 18.0 Å². The molecule has 0 spiro atoms. The average molecular weight is 468 g/mol. The van der Waals surface area contributed by atoms with Crippen molar-refractivity contribution in [2.75, 3.05) is 38.1 Å². The highest BCUT2D eigenvalue weighted by Gasteiger charge is 2.39. The molecule has 2 saturated heterocycles. The maximum Gasteiger partial charge on any atom is 0.409 e. The second kappa shape index (κ2) is 9.17. The van der Waals surface area contributed by atoms with Gasteiger partial charge in [0.1, 0.15) is 0 Å². The summed E-state index contributed by atoms with van der Waals surface area (Å²) in [7, 11) is -3.74. The number of benzene rings is 1. The molecule has 1 amide bonds. The number of cyclic esters (lactones) is 2. The molecule has 32 heavy (non-hydrogen) atoms. The summed E-state index contributed by atoms with van der Waals surface area (Å²) in [4.78, 5) is 37.2. The van der Waals surface area contributed by atoms with E-state index in [1.54, 1.807) is 6.92 Å². The minimum Gasteiger partial charge on any atom is -0.450 e. The normalized spacial score (nSPS) is 19.1. The lowest BCUT2D eigenvalue weighted by Gasteiger charge is -2.33. The molecule has 2 aliphatic heterocycles. The maximum atomic E-state index is 12.9. The topological polar surface area (TPSA) is 132 Å². The number of piperazine rings is 1. The van der Waals surface area contributed by atoms with Gasteiger partial charge in [0.15, 0.2) is 5.57 Å². The fraction of sp³-hybridized carbons (Fsp3) is 0.450. The number of carbonyl (C=O) groups excluding carboxylic acids is 3. The Morgan fingerprint density at radius 3 is 2.19 bits per heavy atom. The Balaban J connectivity index is 1.63. The van der Waals surface area contributed by atoms with E-state index in [9.17, 15) is 22.8 Å². The van der Waals surface area contributed by atoms with Crippen molar-refractivity contribution in [1.82, 2.24) is 9.21 Å². The van der Waals surface area contributed by atoms with Gasteiger partial charge in [-0.15, -0.1) is 0 Å². The molecule has 3 rings (SSSR count). The smallest absolute Gasteiger partial charge is 0.409 e. The molecule has 2 heterocycles. The van der Waals surface area contributed by atoms with Gasteiger partial charge in [0, 0.05) is 51.9 Å². The second-order valence-electron chi connectivity index (χ2n) is 7.50. The Bertz CT molecular complexity index is 1000. The van der Waals surface area contributed by atoms with Crippen molar-refractivity contribution < 1.29 is 37.0 Å². The molecule has 0 radical (unpaired) electrons. The van der Waals surface area contributed by atoms with Crippen LogP contribution in [0.4, 0.5) is 10.5 Å². The average Bonchev–Trinajstić information content (AvgIpc) is 2.73. The molecule has 2 aliphatic rings. The molecule has 1 aromatic rings. The van der Waals surface area contributed by atoms with Gasteiger partial charge in [-0.3, -0.25) is 0 Å². The summed E-state index contributed by atoms with van der Waals surface area (Å²) in [5, 5.41) is 2.76. The van der Waals surface area contributed by atoms with E-state index in [0.717, 1.165) is 6.20 Å². The lowest BCUT2D eigenvalue weighted by Crippen LogP contribution is -2.50. The van der Waals surface area contributed by atoms with Gasteiger partial charge in [-0.2, -0.15) is 4.31 Å². The molecule has 2 fully saturated rings. The van der Waals surface area contributed by atoms with Gasteiger partial charge in [-0.25, -0.2) is 22.8 Å². The van der Waals surface area contributed by atoms with Crippen LogP contribution in [0, 0.1) is 0 Å². The fourth-order valence-electron chi connectivity index (χ4n) is 3.13. The summed E-state index contributed by atoms with van der Waals surface area (Å²) in [5.41, 5.74) is 0.148. The number of sulfonamides is 1. The quantitative estimate of drug-likeness (QED) is 0.386. The van der Waals surface area contributed by atoms with Gasteiger partial charge < -0.3 is 24.4 Å². The summed E-state index contributed by atoms with van der Waals surface area (Å²) in [6, 6.07) is 5.83. The monoisotopic (exact) mass is 467 g/mol. The largest absolute Gasteiger partial charge is 0.450 e. The van der Waals surface area contributed by atoms with Gasteiger partial charge in [0.2, 0.25) is 10.0 Å². The van der Waals surface area contributed by atoms with Crippen molar-refractivity contribution in [1.29, 1.82) is 0 Å². The number of rotatable bonds is 5. The number of amides is 1. The Kier molecular flexibility index (Phi) is 6.74. The van der Waals surface area contributed by atoms with Crippen LogP contribution in [-0.2, 0) is 33.8 Å². The van der Waals surface area contributed by atoms with E-state index in [4.69, 9.17) is 14.2 Å².